The molecule has 0 radical (unpaired) electrons. The van der Waals surface area contributed by atoms with Crippen LogP contribution in [0.4, 0.5) is 0 Å². The van der Waals surface area contributed by atoms with E-state index in [2.05, 4.69) is 24.5 Å². The fourth-order valence-corrected chi connectivity index (χ4v) is 3.14. The summed E-state index contributed by atoms with van der Waals surface area (Å²) in [5, 5.41) is 9.94. The molecule has 2 rings (SSSR count). The number of aliphatic hydroxyl groups is 1. The van der Waals surface area contributed by atoms with Gasteiger partial charge >= 0.3 is 0 Å². The van der Waals surface area contributed by atoms with Gasteiger partial charge < -0.3 is 5.11 Å². The van der Waals surface area contributed by atoms with E-state index < -0.39 is 0 Å². The average molecular weight is 226 g/mol. The van der Waals surface area contributed by atoms with Crippen LogP contribution in [0, 0.1) is 0 Å². The number of hydrogen-bond acceptors (Lipinski definition) is 3. The van der Waals surface area contributed by atoms with Crippen molar-refractivity contribution in [2.45, 2.75) is 23.2 Å². The second-order valence-electron chi connectivity index (χ2n) is 3.42. The van der Waals surface area contributed by atoms with Gasteiger partial charge in [0.2, 0.25) is 0 Å². The van der Waals surface area contributed by atoms with E-state index in [9.17, 15) is 5.11 Å². The largest absolute Gasteiger partial charge is 0.388 e. The van der Waals surface area contributed by atoms with Crippen molar-refractivity contribution in [3.63, 3.8) is 0 Å². The zero-order valence-corrected chi connectivity index (χ0v) is 9.83. The summed E-state index contributed by atoms with van der Waals surface area (Å²) in [6.45, 7) is 0. The Balaban J connectivity index is 2.39. The molecule has 3 heteroatoms. The molecule has 1 nitrogen and oxygen atoms in total. The van der Waals surface area contributed by atoms with Crippen LogP contribution < -0.4 is 0 Å². The Bertz CT molecular complexity index is 325. The lowest BCUT2D eigenvalue weighted by molar-refractivity contribution is 0.174. The smallest absolute Gasteiger partial charge is 0.0801 e. The van der Waals surface area contributed by atoms with E-state index in [4.69, 9.17) is 0 Å². The third kappa shape index (κ3) is 2.10. The summed E-state index contributed by atoms with van der Waals surface area (Å²) in [5.41, 5.74) is 2.44. The van der Waals surface area contributed by atoms with Gasteiger partial charge in [-0.2, -0.15) is 11.8 Å². The normalized spacial score (nSPS) is 21.4. The van der Waals surface area contributed by atoms with Gasteiger partial charge in [-0.25, -0.2) is 0 Å². The molecule has 0 saturated carbocycles. The number of thioether (sulfide) groups is 2. The topological polar surface area (TPSA) is 20.2 Å². The minimum Gasteiger partial charge on any atom is -0.388 e. The molecular formula is C11H14OS2. The highest BCUT2D eigenvalue weighted by molar-refractivity contribution is 7.98. The molecule has 1 aliphatic rings. The van der Waals surface area contributed by atoms with Crippen LogP contribution in [-0.4, -0.2) is 17.1 Å². The van der Waals surface area contributed by atoms with E-state index in [0.29, 0.717) is 0 Å². The van der Waals surface area contributed by atoms with Crippen molar-refractivity contribution in [1.82, 2.24) is 0 Å². The number of rotatable bonds is 1. The van der Waals surface area contributed by atoms with Crippen molar-refractivity contribution >= 4 is 23.5 Å². The zero-order chi connectivity index (χ0) is 9.97. The SMILES string of the molecule is CSc1ccc2c(c1)[C@H](O)CCSC2. The van der Waals surface area contributed by atoms with Crippen molar-refractivity contribution < 1.29 is 5.11 Å². The summed E-state index contributed by atoms with van der Waals surface area (Å²) in [6, 6.07) is 6.43. The number of benzene rings is 1. The van der Waals surface area contributed by atoms with Crippen LogP contribution in [0.25, 0.3) is 0 Å². The number of aliphatic hydroxyl groups excluding tert-OH is 1. The van der Waals surface area contributed by atoms with Gasteiger partial charge in [0.05, 0.1) is 6.10 Å². The minimum atomic E-state index is -0.257. The lowest BCUT2D eigenvalue weighted by Gasteiger charge is -2.12. The molecule has 14 heavy (non-hydrogen) atoms. The number of hydrogen-bond donors (Lipinski definition) is 1. The number of fused-ring (bicyclic) bond motifs is 1. The molecule has 0 spiro atoms. The Labute approximate surface area is 93.3 Å². The molecule has 1 heterocycles. The molecule has 0 fully saturated rings. The molecule has 0 saturated heterocycles. The van der Waals surface area contributed by atoms with Crippen molar-refractivity contribution in [1.29, 1.82) is 0 Å². The fourth-order valence-electron chi connectivity index (χ4n) is 1.67. The highest BCUT2D eigenvalue weighted by Gasteiger charge is 2.16. The Hall–Kier alpha value is -0.120. The molecule has 1 aliphatic heterocycles. The van der Waals surface area contributed by atoms with Crippen LogP contribution in [0.3, 0.4) is 0 Å². The molecule has 0 amide bonds. The van der Waals surface area contributed by atoms with Crippen LogP contribution in [0.1, 0.15) is 23.7 Å². The summed E-state index contributed by atoms with van der Waals surface area (Å²) in [5.74, 6) is 2.10. The molecule has 1 aromatic rings. The van der Waals surface area contributed by atoms with Crippen molar-refractivity contribution in [3.8, 4) is 0 Å². The highest BCUT2D eigenvalue weighted by atomic mass is 32.2. The minimum absolute atomic E-state index is 0.257. The predicted molar refractivity (Wildman–Crippen MR) is 64.0 cm³/mol. The molecule has 0 unspecified atom stereocenters. The summed E-state index contributed by atoms with van der Waals surface area (Å²) in [7, 11) is 0. The fraction of sp³-hybridized carbons (Fsp3) is 0.455. The summed E-state index contributed by atoms with van der Waals surface area (Å²) < 4.78 is 0. The maximum atomic E-state index is 9.94. The first-order chi connectivity index (χ1) is 6.81. The first kappa shape index (κ1) is 10.4. The first-order valence-corrected chi connectivity index (χ1v) is 7.12. The van der Waals surface area contributed by atoms with Gasteiger partial charge in [0.1, 0.15) is 0 Å². The lowest BCUT2D eigenvalue weighted by Crippen LogP contribution is -1.99. The van der Waals surface area contributed by atoms with Gasteiger partial charge in [-0.05, 0) is 41.7 Å². The maximum absolute atomic E-state index is 9.94. The van der Waals surface area contributed by atoms with Crippen LogP contribution in [0.15, 0.2) is 23.1 Å². The third-order valence-corrected chi connectivity index (χ3v) is 4.27. The average Bonchev–Trinajstić information content (AvgIpc) is 2.40. The quantitative estimate of drug-likeness (QED) is 0.743. The zero-order valence-electron chi connectivity index (χ0n) is 8.19. The first-order valence-electron chi connectivity index (χ1n) is 4.74. The molecular weight excluding hydrogens is 212 g/mol. The van der Waals surface area contributed by atoms with E-state index in [-0.39, 0.29) is 6.10 Å². The second-order valence-corrected chi connectivity index (χ2v) is 5.41. The Morgan fingerprint density at radius 2 is 2.36 bits per heavy atom. The van der Waals surface area contributed by atoms with Crippen LogP contribution in [0.5, 0.6) is 0 Å². The Morgan fingerprint density at radius 3 is 3.14 bits per heavy atom. The van der Waals surface area contributed by atoms with Crippen molar-refractivity contribution in [2.75, 3.05) is 12.0 Å². The van der Waals surface area contributed by atoms with E-state index in [1.807, 2.05) is 11.8 Å². The van der Waals surface area contributed by atoms with Gasteiger partial charge in [0.25, 0.3) is 0 Å². The monoisotopic (exact) mass is 226 g/mol. The van der Waals surface area contributed by atoms with Gasteiger partial charge in [-0.15, -0.1) is 11.8 Å². The van der Waals surface area contributed by atoms with Gasteiger partial charge in [0.15, 0.2) is 0 Å². The van der Waals surface area contributed by atoms with E-state index in [0.717, 1.165) is 23.5 Å². The molecule has 0 aromatic heterocycles. The Kier molecular flexibility index (Phi) is 3.42. The second kappa shape index (κ2) is 4.60. The van der Waals surface area contributed by atoms with E-state index in [1.165, 1.54) is 10.5 Å². The molecule has 1 atom stereocenters. The third-order valence-electron chi connectivity index (χ3n) is 2.51. The molecule has 0 bridgehead atoms. The molecule has 76 valence electrons. The van der Waals surface area contributed by atoms with E-state index in [1.54, 1.807) is 11.8 Å². The summed E-state index contributed by atoms with van der Waals surface area (Å²) in [4.78, 5) is 1.25. The summed E-state index contributed by atoms with van der Waals surface area (Å²) >= 11 is 3.64. The highest BCUT2D eigenvalue weighted by Crippen LogP contribution is 2.32. The molecule has 0 aliphatic carbocycles. The van der Waals surface area contributed by atoms with Crippen molar-refractivity contribution in [3.05, 3.63) is 29.3 Å². The van der Waals surface area contributed by atoms with Crippen LogP contribution in [0.2, 0.25) is 0 Å². The van der Waals surface area contributed by atoms with Gasteiger partial charge in [-0.1, -0.05) is 6.07 Å². The lowest BCUT2D eigenvalue weighted by atomic mass is 10.0. The standard InChI is InChI=1S/C11H14OS2/c1-13-9-3-2-8-7-14-5-4-11(12)10(8)6-9/h2-3,6,11-12H,4-5,7H2,1H3/t11-/m1/s1. The van der Waals surface area contributed by atoms with E-state index >= 15 is 0 Å². The van der Waals surface area contributed by atoms with Crippen LogP contribution >= 0.6 is 23.5 Å². The van der Waals surface area contributed by atoms with Gasteiger partial charge in [-0.3, -0.25) is 0 Å². The Morgan fingerprint density at radius 1 is 1.50 bits per heavy atom. The van der Waals surface area contributed by atoms with Crippen molar-refractivity contribution in [2.24, 2.45) is 0 Å². The predicted octanol–water partition coefficient (Wildman–Crippen LogP) is 3.08. The van der Waals surface area contributed by atoms with Gasteiger partial charge in [0, 0.05) is 10.6 Å². The van der Waals surface area contributed by atoms with Crippen LogP contribution in [-0.2, 0) is 5.75 Å². The summed E-state index contributed by atoms with van der Waals surface area (Å²) in [6.07, 6.45) is 2.70. The molecule has 1 aromatic carbocycles. The maximum Gasteiger partial charge on any atom is 0.0801 e. The molecule has 1 N–H and O–H groups in total.